The molecule has 1 amide bonds. The Morgan fingerprint density at radius 3 is 2.68 bits per heavy atom. The van der Waals surface area contributed by atoms with Gasteiger partial charge in [0.25, 0.3) is 5.91 Å². The molecule has 2 heterocycles. The number of hydrogen-bond acceptors (Lipinski definition) is 4. The Morgan fingerprint density at radius 1 is 1.20 bits per heavy atom. The molecular formula is C17H11Br2N2O4+. The van der Waals surface area contributed by atoms with Crippen LogP contribution in [0, 0.1) is 0 Å². The summed E-state index contributed by atoms with van der Waals surface area (Å²) in [5, 5.41) is 0.611. The molecule has 3 aromatic rings. The van der Waals surface area contributed by atoms with Crippen LogP contribution in [0.2, 0.25) is 0 Å². The minimum atomic E-state index is -0.716. The zero-order valence-corrected chi connectivity index (χ0v) is 15.8. The second-order valence-electron chi connectivity index (χ2n) is 5.31. The van der Waals surface area contributed by atoms with Gasteiger partial charge >= 0.3 is 5.63 Å². The first kappa shape index (κ1) is 17.5. The van der Waals surface area contributed by atoms with Crippen LogP contribution >= 0.6 is 31.9 Å². The highest BCUT2D eigenvalue weighted by atomic mass is 79.9. The van der Waals surface area contributed by atoms with E-state index in [9.17, 15) is 14.4 Å². The molecule has 0 spiro atoms. The van der Waals surface area contributed by atoms with Crippen molar-refractivity contribution in [2.45, 2.75) is 6.54 Å². The van der Waals surface area contributed by atoms with Crippen molar-refractivity contribution in [2.75, 3.05) is 0 Å². The summed E-state index contributed by atoms with van der Waals surface area (Å²) < 4.78 is 8.15. The summed E-state index contributed by atoms with van der Waals surface area (Å²) in [7, 11) is 0. The minimum Gasteiger partial charge on any atom is -0.421 e. The summed E-state index contributed by atoms with van der Waals surface area (Å²) >= 11 is 6.68. The van der Waals surface area contributed by atoms with Gasteiger partial charge in [-0.05, 0) is 40.2 Å². The molecule has 0 unspecified atom stereocenters. The van der Waals surface area contributed by atoms with E-state index in [1.807, 2.05) is 0 Å². The van der Waals surface area contributed by atoms with Crippen molar-refractivity contribution in [3.8, 4) is 0 Å². The first-order valence-electron chi connectivity index (χ1n) is 7.10. The topological polar surface area (TPSA) is 94.2 Å². The summed E-state index contributed by atoms with van der Waals surface area (Å²) in [4.78, 5) is 35.9. The van der Waals surface area contributed by atoms with Crippen LogP contribution in [0.1, 0.15) is 20.7 Å². The van der Waals surface area contributed by atoms with Gasteiger partial charge in [0.05, 0.1) is 4.47 Å². The van der Waals surface area contributed by atoms with E-state index < -0.39 is 17.3 Å². The maximum atomic E-state index is 12.5. The molecule has 0 saturated carbocycles. The number of pyridine rings is 1. The number of halogens is 2. The van der Waals surface area contributed by atoms with Gasteiger partial charge < -0.3 is 10.2 Å². The molecule has 0 radical (unpaired) electrons. The number of carbonyl (C=O) groups excluding carboxylic acids is 2. The van der Waals surface area contributed by atoms with Gasteiger partial charge in [-0.1, -0.05) is 15.9 Å². The van der Waals surface area contributed by atoms with Gasteiger partial charge in [-0.15, -0.1) is 0 Å². The molecular weight excluding hydrogens is 456 g/mol. The normalized spacial score (nSPS) is 10.8. The average Bonchev–Trinajstić information content (AvgIpc) is 2.55. The quantitative estimate of drug-likeness (QED) is 0.363. The molecule has 8 heteroatoms. The lowest BCUT2D eigenvalue weighted by atomic mass is 10.1. The fraction of sp³-hybridized carbons (Fsp3) is 0.0588. The molecule has 0 fully saturated rings. The molecule has 0 atom stereocenters. The van der Waals surface area contributed by atoms with Crippen molar-refractivity contribution in [2.24, 2.45) is 5.73 Å². The van der Waals surface area contributed by atoms with E-state index >= 15 is 0 Å². The monoisotopic (exact) mass is 465 g/mol. The Kier molecular flexibility index (Phi) is 4.82. The van der Waals surface area contributed by atoms with Crippen molar-refractivity contribution in [1.82, 2.24) is 0 Å². The fourth-order valence-corrected chi connectivity index (χ4v) is 3.71. The number of rotatable bonds is 4. The maximum Gasteiger partial charge on any atom is 0.347 e. The highest BCUT2D eigenvalue weighted by molar-refractivity contribution is 9.11. The lowest BCUT2D eigenvalue weighted by Crippen LogP contribution is -2.39. The molecule has 2 N–H and O–H groups in total. The number of primary amides is 1. The number of fused-ring (bicyclic) bond motifs is 1. The van der Waals surface area contributed by atoms with Crippen molar-refractivity contribution in [3.63, 3.8) is 0 Å². The first-order valence-corrected chi connectivity index (χ1v) is 8.69. The van der Waals surface area contributed by atoms with E-state index in [4.69, 9.17) is 10.2 Å². The second-order valence-corrected chi connectivity index (χ2v) is 7.08. The van der Waals surface area contributed by atoms with Crippen LogP contribution in [0.5, 0.6) is 0 Å². The highest BCUT2D eigenvalue weighted by Gasteiger charge is 2.19. The average molecular weight is 467 g/mol. The van der Waals surface area contributed by atoms with Gasteiger partial charge in [-0.3, -0.25) is 9.59 Å². The van der Waals surface area contributed by atoms with Crippen LogP contribution in [0.4, 0.5) is 0 Å². The van der Waals surface area contributed by atoms with E-state index in [-0.39, 0.29) is 17.7 Å². The van der Waals surface area contributed by atoms with Crippen molar-refractivity contribution < 1.29 is 18.6 Å². The lowest BCUT2D eigenvalue weighted by Gasteiger charge is -2.03. The number of Topliss-reactive ketones (excluding diaryl/α,β-unsaturated/α-hetero) is 1. The molecule has 0 aliphatic carbocycles. The Labute approximate surface area is 158 Å². The standard InChI is InChI=1S/C17H10Br2N2O4/c18-11-4-10-5-12(17(24)25-15(10)13(19)6-11)14(22)8-21-3-1-2-9(7-21)16(20)23/h1-7H,8H2,(H-,20,23)/p+1. The third-order valence-electron chi connectivity index (χ3n) is 3.52. The van der Waals surface area contributed by atoms with Gasteiger partial charge in [0.2, 0.25) is 12.3 Å². The Bertz CT molecular complexity index is 1080. The number of aromatic nitrogens is 1. The lowest BCUT2D eigenvalue weighted by molar-refractivity contribution is -0.683. The highest BCUT2D eigenvalue weighted by Crippen LogP contribution is 2.28. The summed E-state index contributed by atoms with van der Waals surface area (Å²) in [6.07, 6.45) is 3.07. The summed E-state index contributed by atoms with van der Waals surface area (Å²) in [6.45, 7) is -0.118. The van der Waals surface area contributed by atoms with Crippen molar-refractivity contribution >= 4 is 54.5 Å². The van der Waals surface area contributed by atoms with Crippen LogP contribution in [0.3, 0.4) is 0 Å². The van der Waals surface area contributed by atoms with Gasteiger partial charge in [0.1, 0.15) is 11.1 Å². The summed E-state index contributed by atoms with van der Waals surface area (Å²) in [6, 6.07) is 8.14. The number of amides is 1. The first-order chi connectivity index (χ1) is 11.8. The second kappa shape index (κ2) is 6.89. The molecule has 126 valence electrons. The van der Waals surface area contributed by atoms with E-state index in [1.54, 1.807) is 30.5 Å². The molecule has 2 aromatic heterocycles. The molecule has 0 aliphatic rings. The Balaban J connectivity index is 2.00. The number of benzene rings is 1. The maximum absolute atomic E-state index is 12.5. The van der Waals surface area contributed by atoms with Gasteiger partial charge in [0, 0.05) is 15.9 Å². The minimum absolute atomic E-state index is 0.0607. The molecule has 25 heavy (non-hydrogen) atoms. The van der Waals surface area contributed by atoms with E-state index in [2.05, 4.69) is 31.9 Å². The van der Waals surface area contributed by atoms with E-state index in [1.165, 1.54) is 16.8 Å². The third-order valence-corrected chi connectivity index (χ3v) is 4.57. The fourth-order valence-electron chi connectivity index (χ4n) is 2.37. The number of ketones is 1. The van der Waals surface area contributed by atoms with Gasteiger partial charge in [-0.25, -0.2) is 4.79 Å². The van der Waals surface area contributed by atoms with Crippen molar-refractivity contribution in [1.29, 1.82) is 0 Å². The number of nitrogens with two attached hydrogens (primary N) is 1. The van der Waals surface area contributed by atoms with Crippen LogP contribution in [0.25, 0.3) is 11.0 Å². The predicted molar refractivity (Wildman–Crippen MR) is 97.4 cm³/mol. The summed E-state index contributed by atoms with van der Waals surface area (Å²) in [5.41, 5.74) is 5.09. The van der Waals surface area contributed by atoms with E-state index in [0.717, 1.165) is 4.47 Å². The Hall–Kier alpha value is -2.32. The van der Waals surface area contributed by atoms with Gasteiger partial charge in [0.15, 0.2) is 18.0 Å². The summed E-state index contributed by atoms with van der Waals surface area (Å²) in [5.74, 6) is -1.03. The van der Waals surface area contributed by atoms with Crippen molar-refractivity contribution in [3.05, 3.63) is 73.2 Å². The zero-order chi connectivity index (χ0) is 18.1. The van der Waals surface area contributed by atoms with Crippen LogP contribution < -0.4 is 15.9 Å². The molecule has 1 aromatic carbocycles. The van der Waals surface area contributed by atoms with E-state index in [0.29, 0.717) is 15.4 Å². The van der Waals surface area contributed by atoms with Crippen LogP contribution in [-0.2, 0) is 6.54 Å². The molecule has 0 saturated heterocycles. The number of carbonyl (C=O) groups is 2. The predicted octanol–water partition coefficient (Wildman–Crippen LogP) is 2.59. The van der Waals surface area contributed by atoms with Crippen LogP contribution in [0.15, 0.2) is 60.9 Å². The third kappa shape index (κ3) is 3.69. The van der Waals surface area contributed by atoms with Gasteiger partial charge in [-0.2, -0.15) is 4.57 Å². The Morgan fingerprint density at radius 2 is 1.96 bits per heavy atom. The molecule has 0 bridgehead atoms. The smallest absolute Gasteiger partial charge is 0.347 e. The molecule has 3 rings (SSSR count). The number of hydrogen-bond donors (Lipinski definition) is 1. The van der Waals surface area contributed by atoms with Crippen LogP contribution in [-0.4, -0.2) is 11.7 Å². The zero-order valence-electron chi connectivity index (χ0n) is 12.7. The SMILES string of the molecule is NC(=O)c1ccc[n+](CC(=O)c2cc3cc(Br)cc(Br)c3oc2=O)c1. The largest absolute Gasteiger partial charge is 0.421 e. The molecule has 0 aliphatic heterocycles. The number of nitrogens with zero attached hydrogens (tertiary/aromatic N) is 1. The molecule has 6 nitrogen and oxygen atoms in total.